The van der Waals surface area contributed by atoms with Gasteiger partial charge in [0.1, 0.15) is 5.82 Å². The number of aryl methyl sites for hydroxylation is 2. The maximum atomic E-state index is 10.8. The van der Waals surface area contributed by atoms with Gasteiger partial charge in [0, 0.05) is 30.5 Å². The molecule has 3 N–H and O–H groups in total. The maximum Gasteiger partial charge on any atom is 0.340 e. The Labute approximate surface area is 98.5 Å². The quantitative estimate of drug-likeness (QED) is 0.668. The summed E-state index contributed by atoms with van der Waals surface area (Å²) in [6.07, 6.45) is 3.43. The van der Waals surface area contributed by atoms with Gasteiger partial charge in [-0.2, -0.15) is 5.10 Å². The first-order chi connectivity index (χ1) is 8.24. The molecule has 0 spiro atoms. The molecule has 0 fully saturated rings. The third-order valence-electron chi connectivity index (χ3n) is 2.37. The van der Waals surface area contributed by atoms with E-state index >= 15 is 0 Å². The second-order valence-electron chi connectivity index (χ2n) is 3.84. The van der Waals surface area contributed by atoms with Crippen LogP contribution in [0.1, 0.15) is 17.9 Å². The van der Waals surface area contributed by atoms with E-state index in [-0.39, 0.29) is 5.69 Å². The van der Waals surface area contributed by atoms with E-state index in [2.05, 4.69) is 25.5 Å². The SMILES string of the molecule is Cc1cc(NCCCc2n[nH]c(=O)[nH]2)ccn1. The maximum absolute atomic E-state index is 10.8. The number of aromatic nitrogens is 4. The van der Waals surface area contributed by atoms with Crippen molar-refractivity contribution in [2.24, 2.45) is 0 Å². The molecule has 0 unspecified atom stereocenters. The minimum absolute atomic E-state index is 0.252. The molecule has 2 aromatic rings. The van der Waals surface area contributed by atoms with Gasteiger partial charge in [-0.15, -0.1) is 0 Å². The number of hydrogen-bond acceptors (Lipinski definition) is 4. The molecule has 2 aromatic heterocycles. The molecular weight excluding hydrogens is 218 g/mol. The highest BCUT2D eigenvalue weighted by atomic mass is 16.1. The molecule has 0 aromatic carbocycles. The van der Waals surface area contributed by atoms with Crippen molar-refractivity contribution in [3.05, 3.63) is 40.3 Å². The van der Waals surface area contributed by atoms with E-state index in [0.717, 1.165) is 30.8 Å². The lowest BCUT2D eigenvalue weighted by Gasteiger charge is -2.05. The van der Waals surface area contributed by atoms with Crippen molar-refractivity contribution in [2.75, 3.05) is 11.9 Å². The number of H-pyrrole nitrogens is 2. The summed E-state index contributed by atoms with van der Waals surface area (Å²) in [6, 6.07) is 3.93. The Hall–Kier alpha value is -2.11. The molecule has 6 nitrogen and oxygen atoms in total. The average molecular weight is 233 g/mol. The van der Waals surface area contributed by atoms with E-state index in [1.807, 2.05) is 19.1 Å². The smallest absolute Gasteiger partial charge is 0.340 e. The minimum atomic E-state index is -0.252. The summed E-state index contributed by atoms with van der Waals surface area (Å²) in [6.45, 7) is 2.79. The zero-order chi connectivity index (χ0) is 12.1. The Morgan fingerprint density at radius 3 is 3.06 bits per heavy atom. The zero-order valence-corrected chi connectivity index (χ0v) is 9.66. The number of anilines is 1. The fraction of sp³-hybridized carbons (Fsp3) is 0.364. The monoisotopic (exact) mass is 233 g/mol. The molecule has 6 heteroatoms. The van der Waals surface area contributed by atoms with Crippen LogP contribution in [0.25, 0.3) is 0 Å². The van der Waals surface area contributed by atoms with E-state index in [1.165, 1.54) is 0 Å². The van der Waals surface area contributed by atoms with Crippen LogP contribution in [0.3, 0.4) is 0 Å². The predicted molar refractivity (Wildman–Crippen MR) is 65.0 cm³/mol. The Kier molecular flexibility index (Phi) is 3.54. The first kappa shape index (κ1) is 11.4. The molecule has 0 radical (unpaired) electrons. The van der Waals surface area contributed by atoms with Gasteiger partial charge in [-0.05, 0) is 25.5 Å². The number of hydrogen-bond donors (Lipinski definition) is 3. The second kappa shape index (κ2) is 5.29. The fourth-order valence-corrected chi connectivity index (χ4v) is 1.57. The van der Waals surface area contributed by atoms with Crippen molar-refractivity contribution in [2.45, 2.75) is 19.8 Å². The number of nitrogens with zero attached hydrogens (tertiary/aromatic N) is 2. The molecule has 0 aliphatic carbocycles. The van der Waals surface area contributed by atoms with Crippen LogP contribution in [0.5, 0.6) is 0 Å². The standard InChI is InChI=1S/C11H15N5O/c1-8-7-9(4-6-12-8)13-5-2-3-10-14-11(17)16-15-10/h4,6-7H,2-3,5H2,1H3,(H,12,13)(H2,14,15,16,17). The lowest BCUT2D eigenvalue weighted by Crippen LogP contribution is -2.05. The Morgan fingerprint density at radius 2 is 2.35 bits per heavy atom. The molecule has 0 atom stereocenters. The van der Waals surface area contributed by atoms with Gasteiger partial charge in [-0.1, -0.05) is 0 Å². The third kappa shape index (κ3) is 3.44. The van der Waals surface area contributed by atoms with Crippen LogP contribution in [0.15, 0.2) is 23.1 Å². The molecule has 90 valence electrons. The molecular formula is C11H15N5O. The van der Waals surface area contributed by atoms with Gasteiger partial charge in [0.05, 0.1) is 0 Å². The van der Waals surface area contributed by atoms with Crippen molar-refractivity contribution in [3.8, 4) is 0 Å². The molecule has 17 heavy (non-hydrogen) atoms. The van der Waals surface area contributed by atoms with E-state index in [9.17, 15) is 4.79 Å². The van der Waals surface area contributed by atoms with E-state index < -0.39 is 0 Å². The Morgan fingerprint density at radius 1 is 1.47 bits per heavy atom. The van der Waals surface area contributed by atoms with Gasteiger partial charge in [-0.25, -0.2) is 9.89 Å². The van der Waals surface area contributed by atoms with Gasteiger partial charge in [0.2, 0.25) is 0 Å². The van der Waals surface area contributed by atoms with Gasteiger partial charge in [0.15, 0.2) is 0 Å². The highest BCUT2D eigenvalue weighted by Gasteiger charge is 1.98. The number of rotatable bonds is 5. The molecule has 0 bridgehead atoms. The van der Waals surface area contributed by atoms with Crippen LogP contribution >= 0.6 is 0 Å². The van der Waals surface area contributed by atoms with E-state index in [4.69, 9.17) is 0 Å². The lowest BCUT2D eigenvalue weighted by molar-refractivity contribution is 0.805. The first-order valence-electron chi connectivity index (χ1n) is 5.54. The fourth-order valence-electron chi connectivity index (χ4n) is 1.57. The number of aromatic amines is 2. The van der Waals surface area contributed by atoms with Gasteiger partial charge >= 0.3 is 5.69 Å². The number of pyridine rings is 1. The van der Waals surface area contributed by atoms with E-state index in [1.54, 1.807) is 6.20 Å². The van der Waals surface area contributed by atoms with Crippen molar-refractivity contribution in [1.82, 2.24) is 20.2 Å². The van der Waals surface area contributed by atoms with Crippen molar-refractivity contribution in [3.63, 3.8) is 0 Å². The summed E-state index contributed by atoms with van der Waals surface area (Å²) in [7, 11) is 0. The van der Waals surface area contributed by atoms with Crippen LogP contribution in [-0.4, -0.2) is 26.7 Å². The summed E-state index contributed by atoms with van der Waals surface area (Å²) >= 11 is 0. The van der Waals surface area contributed by atoms with E-state index in [0.29, 0.717) is 5.82 Å². The predicted octanol–water partition coefficient (Wildman–Crippen LogP) is 0.846. The molecule has 2 rings (SSSR count). The average Bonchev–Trinajstić information content (AvgIpc) is 2.71. The Bertz CT molecular complexity index is 530. The van der Waals surface area contributed by atoms with Gasteiger partial charge in [-0.3, -0.25) is 9.97 Å². The minimum Gasteiger partial charge on any atom is -0.385 e. The summed E-state index contributed by atoms with van der Waals surface area (Å²) in [5.41, 5.74) is 1.80. The van der Waals surface area contributed by atoms with Crippen LogP contribution in [-0.2, 0) is 6.42 Å². The van der Waals surface area contributed by atoms with Crippen molar-refractivity contribution < 1.29 is 0 Å². The van der Waals surface area contributed by atoms with Crippen LogP contribution in [0, 0.1) is 6.92 Å². The molecule has 0 aliphatic rings. The summed E-state index contributed by atoms with van der Waals surface area (Å²) < 4.78 is 0. The summed E-state index contributed by atoms with van der Waals surface area (Å²) in [4.78, 5) is 17.5. The molecule has 0 aliphatic heterocycles. The van der Waals surface area contributed by atoms with Crippen LogP contribution < -0.4 is 11.0 Å². The lowest BCUT2D eigenvalue weighted by atomic mass is 10.3. The van der Waals surface area contributed by atoms with Gasteiger partial charge in [0.25, 0.3) is 0 Å². The first-order valence-corrected chi connectivity index (χ1v) is 5.54. The highest BCUT2D eigenvalue weighted by molar-refractivity contribution is 5.42. The Balaban J connectivity index is 1.75. The highest BCUT2D eigenvalue weighted by Crippen LogP contribution is 2.06. The topological polar surface area (TPSA) is 86.5 Å². The van der Waals surface area contributed by atoms with Crippen molar-refractivity contribution >= 4 is 5.69 Å². The molecule has 2 heterocycles. The second-order valence-corrected chi connectivity index (χ2v) is 3.84. The summed E-state index contributed by atoms with van der Waals surface area (Å²) in [5, 5.41) is 9.48. The third-order valence-corrected chi connectivity index (χ3v) is 2.37. The van der Waals surface area contributed by atoms with Crippen molar-refractivity contribution in [1.29, 1.82) is 0 Å². The largest absolute Gasteiger partial charge is 0.385 e. The molecule has 0 saturated heterocycles. The van der Waals surface area contributed by atoms with Crippen LogP contribution in [0.4, 0.5) is 5.69 Å². The molecule has 0 saturated carbocycles. The molecule has 0 amide bonds. The zero-order valence-electron chi connectivity index (χ0n) is 9.66. The summed E-state index contributed by atoms with van der Waals surface area (Å²) in [5.74, 6) is 0.697. The number of nitrogens with one attached hydrogen (secondary N) is 3. The normalized spacial score (nSPS) is 10.4. The van der Waals surface area contributed by atoms with Crippen LogP contribution in [0.2, 0.25) is 0 Å². The van der Waals surface area contributed by atoms with Gasteiger partial charge < -0.3 is 5.32 Å².